The summed E-state index contributed by atoms with van der Waals surface area (Å²) in [6, 6.07) is -1.77. The van der Waals surface area contributed by atoms with Crippen LogP contribution in [0.3, 0.4) is 0 Å². The van der Waals surface area contributed by atoms with Crippen LogP contribution in [0.1, 0.15) is 53.9 Å². The van der Waals surface area contributed by atoms with Gasteiger partial charge in [0.25, 0.3) is 0 Å². The molecule has 0 aromatic carbocycles. The van der Waals surface area contributed by atoms with Crippen LogP contribution in [0.4, 0.5) is 13.2 Å². The van der Waals surface area contributed by atoms with Gasteiger partial charge in [0, 0.05) is 17.2 Å². The molecule has 0 bridgehead atoms. The van der Waals surface area contributed by atoms with E-state index in [9.17, 15) is 37.6 Å². The Morgan fingerprint density at radius 1 is 1.11 bits per heavy atom. The largest absolute Gasteiger partial charge is 0.471 e. The third-order valence-electron chi connectivity index (χ3n) is 5.90. The maximum atomic E-state index is 13.2. The molecule has 4 unspecified atom stereocenters. The van der Waals surface area contributed by atoms with Crippen LogP contribution >= 0.6 is 10.0 Å². The first-order valence-corrected chi connectivity index (χ1v) is 14.9. The maximum absolute atomic E-state index is 13.2. The van der Waals surface area contributed by atoms with Gasteiger partial charge in [0.1, 0.15) is 18.1 Å². The topological polar surface area (TPSA) is 140 Å². The lowest BCUT2D eigenvalue weighted by Gasteiger charge is -2.36. The average molecular weight is 552 g/mol. The van der Waals surface area contributed by atoms with E-state index in [-0.39, 0.29) is 23.6 Å². The number of alkyl halides is 3. The number of piperidine rings is 1. The van der Waals surface area contributed by atoms with Crippen LogP contribution in [0, 0.1) is 22.7 Å². The smallest absolute Gasteiger partial charge is 0.351 e. The first-order valence-electron chi connectivity index (χ1n) is 11.9. The quantitative estimate of drug-likeness (QED) is 0.347. The Balaban J connectivity index is 3.06. The summed E-state index contributed by atoms with van der Waals surface area (Å²) in [4.78, 5) is 50.2. The fourth-order valence-corrected chi connectivity index (χ4v) is 5.15. The van der Waals surface area contributed by atoms with E-state index in [2.05, 4.69) is 16.0 Å². The second-order valence-electron chi connectivity index (χ2n) is 12.1. The van der Waals surface area contributed by atoms with Gasteiger partial charge in [-0.15, -0.1) is 0 Å². The van der Waals surface area contributed by atoms with Crippen LogP contribution in [0.25, 0.3) is 0 Å². The lowest BCUT2D eigenvalue weighted by atomic mass is 9.83. The fraction of sp³-hybridized carbons (Fsp3) is 0.792. The molecule has 9 nitrogen and oxygen atoms in total. The minimum atomic E-state index is -5.18. The number of hydrogen-bond donors (Lipinski definition) is 4. The second-order valence-corrected chi connectivity index (χ2v) is 16.6. The molecular formula is C24H40F3N5O4S. The van der Waals surface area contributed by atoms with Crippen LogP contribution < -0.4 is 21.3 Å². The van der Waals surface area contributed by atoms with Gasteiger partial charge >= 0.3 is 12.1 Å². The van der Waals surface area contributed by atoms with Crippen LogP contribution in [-0.2, 0) is 19.2 Å². The van der Waals surface area contributed by atoms with Gasteiger partial charge in [-0.05, 0) is 57.3 Å². The average Bonchev–Trinajstić information content (AvgIpc) is 2.69. The first kappa shape index (κ1) is 32.5. The van der Waals surface area contributed by atoms with Crippen LogP contribution in [0.2, 0.25) is 0 Å². The summed E-state index contributed by atoms with van der Waals surface area (Å²) >= 11 is 0. The third kappa shape index (κ3) is 10.8. The molecule has 0 aromatic heterocycles. The van der Waals surface area contributed by atoms with Gasteiger partial charge in [-0.1, -0.05) is 20.8 Å². The van der Waals surface area contributed by atoms with Crippen molar-refractivity contribution in [1.29, 1.82) is 5.26 Å². The highest BCUT2D eigenvalue weighted by atomic mass is 32.3. The Hall–Kier alpha value is -2.49. The van der Waals surface area contributed by atoms with E-state index in [1.807, 2.05) is 38.7 Å². The first-order chi connectivity index (χ1) is 16.6. The normalized spacial score (nSPS) is 20.9. The maximum Gasteiger partial charge on any atom is 0.471 e. The second kappa shape index (κ2) is 11.9. The van der Waals surface area contributed by atoms with E-state index in [0.717, 1.165) is 0 Å². The standard InChI is InChI=1S/C24H40F3N5O4S/c1-22(2,3)17(31-21(36)24(25,26)27)20(35)30-16(13-37(6,7)8)19(34)29-15(12-28)11-14-9-10-23(4,5)32-18(14)33/h14-17H,9-11,13H2,1-8H3,(H,29,34)(H,30,35)(H,31,36)(H,32,33). The lowest BCUT2D eigenvalue weighted by molar-refractivity contribution is -0.175. The Kier molecular flexibility index (Phi) is 10.5. The zero-order valence-corrected chi connectivity index (χ0v) is 23.6. The van der Waals surface area contributed by atoms with Gasteiger partial charge in [0.15, 0.2) is 0 Å². The highest BCUT2D eigenvalue weighted by Crippen LogP contribution is 2.35. The summed E-state index contributed by atoms with van der Waals surface area (Å²) in [5.41, 5.74) is -1.45. The van der Waals surface area contributed by atoms with E-state index >= 15 is 0 Å². The van der Waals surface area contributed by atoms with Crippen LogP contribution in [0.5, 0.6) is 0 Å². The summed E-state index contributed by atoms with van der Waals surface area (Å²) in [6.07, 6.45) is 1.83. The van der Waals surface area contributed by atoms with Gasteiger partial charge in [-0.3, -0.25) is 19.2 Å². The molecule has 13 heteroatoms. The molecule has 0 saturated carbocycles. The summed E-state index contributed by atoms with van der Waals surface area (Å²) < 4.78 is 38.6. The molecule has 4 amide bonds. The fourth-order valence-electron chi connectivity index (χ4n) is 3.92. The molecule has 37 heavy (non-hydrogen) atoms. The molecule has 1 aliphatic rings. The molecule has 4 N–H and O–H groups in total. The zero-order valence-electron chi connectivity index (χ0n) is 22.8. The molecule has 1 saturated heterocycles. The number of halogens is 3. The van der Waals surface area contributed by atoms with Crippen molar-refractivity contribution >= 4 is 33.7 Å². The van der Waals surface area contributed by atoms with Crippen LogP contribution in [0.15, 0.2) is 0 Å². The minimum Gasteiger partial charge on any atom is -0.351 e. The highest BCUT2D eigenvalue weighted by molar-refractivity contribution is 8.32. The predicted molar refractivity (Wildman–Crippen MR) is 137 cm³/mol. The molecule has 1 heterocycles. The van der Waals surface area contributed by atoms with E-state index < -0.39 is 63.4 Å². The number of nitrogens with zero attached hydrogens (tertiary/aromatic N) is 1. The minimum absolute atomic E-state index is 0.0828. The van der Waals surface area contributed by atoms with Crippen LogP contribution in [-0.4, -0.2) is 78.0 Å². The van der Waals surface area contributed by atoms with E-state index in [4.69, 9.17) is 0 Å². The molecule has 212 valence electrons. The number of carbonyl (C=O) groups excluding carboxylic acids is 4. The Bertz CT molecular complexity index is 919. The number of carbonyl (C=O) groups is 4. The molecule has 0 radical (unpaired) electrons. The predicted octanol–water partition coefficient (Wildman–Crippen LogP) is 1.96. The number of rotatable bonds is 9. The Labute approximate surface area is 218 Å². The number of amides is 4. The van der Waals surface area contributed by atoms with Crippen molar-refractivity contribution < 1.29 is 32.3 Å². The molecule has 0 aliphatic carbocycles. The summed E-state index contributed by atoms with van der Waals surface area (Å²) in [5.74, 6) is -4.39. The summed E-state index contributed by atoms with van der Waals surface area (Å²) in [5, 5.41) is 19.3. The van der Waals surface area contributed by atoms with Crippen molar-refractivity contribution in [2.24, 2.45) is 11.3 Å². The van der Waals surface area contributed by atoms with Gasteiger partial charge in [-0.25, -0.2) is 10.0 Å². The summed E-state index contributed by atoms with van der Waals surface area (Å²) in [7, 11) is -1.40. The molecule has 1 fully saturated rings. The van der Waals surface area contributed by atoms with Crippen molar-refractivity contribution in [1.82, 2.24) is 21.3 Å². The van der Waals surface area contributed by atoms with E-state index in [1.54, 1.807) is 5.32 Å². The lowest BCUT2D eigenvalue weighted by Crippen LogP contribution is -2.60. The number of nitrogens with one attached hydrogen (secondary N) is 4. The zero-order chi connectivity index (χ0) is 29.0. The van der Waals surface area contributed by atoms with Gasteiger partial charge in [0.05, 0.1) is 6.07 Å². The molecule has 1 aliphatic heterocycles. The Morgan fingerprint density at radius 2 is 1.68 bits per heavy atom. The molecule has 4 atom stereocenters. The van der Waals surface area contributed by atoms with Crippen molar-refractivity contribution in [2.75, 3.05) is 24.5 Å². The van der Waals surface area contributed by atoms with Gasteiger partial charge in [-0.2, -0.15) is 18.4 Å². The molecular weight excluding hydrogens is 511 g/mol. The van der Waals surface area contributed by atoms with Gasteiger partial charge in [0.2, 0.25) is 17.7 Å². The van der Waals surface area contributed by atoms with Gasteiger partial charge < -0.3 is 21.3 Å². The van der Waals surface area contributed by atoms with Crippen molar-refractivity contribution in [3.05, 3.63) is 0 Å². The number of nitriles is 1. The SMILES string of the molecule is CC1(C)CCC(CC(C#N)NC(=O)C(CS(C)(C)C)NC(=O)C(NC(=O)C(F)(F)F)C(C)(C)C)C(=O)N1. The molecule has 0 aromatic rings. The van der Waals surface area contributed by atoms with Crippen molar-refractivity contribution in [2.45, 2.75) is 83.7 Å². The summed E-state index contributed by atoms with van der Waals surface area (Å²) in [6.45, 7) is 8.25. The Morgan fingerprint density at radius 3 is 2.11 bits per heavy atom. The van der Waals surface area contributed by atoms with Crippen molar-refractivity contribution in [3.8, 4) is 6.07 Å². The third-order valence-corrected chi connectivity index (χ3v) is 7.24. The van der Waals surface area contributed by atoms with E-state index in [1.165, 1.54) is 20.8 Å². The van der Waals surface area contributed by atoms with E-state index in [0.29, 0.717) is 12.8 Å². The number of hydrogen-bond acceptors (Lipinski definition) is 5. The highest BCUT2D eigenvalue weighted by Gasteiger charge is 2.44. The molecule has 0 spiro atoms. The van der Waals surface area contributed by atoms with Crippen molar-refractivity contribution in [3.63, 3.8) is 0 Å². The molecule has 1 rings (SSSR count). The monoisotopic (exact) mass is 551 g/mol.